The first-order chi connectivity index (χ1) is 11.0. The molecule has 23 heavy (non-hydrogen) atoms. The molecule has 124 valence electrons. The van der Waals surface area contributed by atoms with Crippen molar-refractivity contribution in [2.75, 3.05) is 19.6 Å². The summed E-state index contributed by atoms with van der Waals surface area (Å²) in [4.78, 5) is 7.35. The second-order valence-corrected chi connectivity index (χ2v) is 7.21. The van der Waals surface area contributed by atoms with Crippen molar-refractivity contribution in [3.8, 4) is 0 Å². The summed E-state index contributed by atoms with van der Waals surface area (Å²) in [7, 11) is 0. The standard InChI is InChI=1S/C19H28N4/c1-6-21(7-2)12-13-22-17(19(3,4)5)14-23-16-11-9-8-10-15(16)20-18(22)23/h8-11,14H,6-7,12-13H2,1-5H3. The highest BCUT2D eigenvalue weighted by Crippen LogP contribution is 2.27. The Kier molecular flexibility index (Phi) is 4.19. The fourth-order valence-electron chi connectivity index (χ4n) is 3.25. The third-order valence-corrected chi connectivity index (χ3v) is 4.66. The molecule has 0 fully saturated rings. The van der Waals surface area contributed by atoms with E-state index in [0.29, 0.717) is 0 Å². The minimum atomic E-state index is 0.102. The van der Waals surface area contributed by atoms with Gasteiger partial charge >= 0.3 is 0 Å². The first-order valence-electron chi connectivity index (χ1n) is 8.64. The number of likely N-dealkylation sites (N-methyl/N-ethyl adjacent to an activating group) is 1. The van der Waals surface area contributed by atoms with E-state index >= 15 is 0 Å². The van der Waals surface area contributed by atoms with Crippen molar-refractivity contribution in [1.82, 2.24) is 18.9 Å². The zero-order valence-electron chi connectivity index (χ0n) is 15.0. The van der Waals surface area contributed by atoms with E-state index in [-0.39, 0.29) is 5.41 Å². The second kappa shape index (κ2) is 6.00. The molecule has 0 aliphatic rings. The predicted molar refractivity (Wildman–Crippen MR) is 97.2 cm³/mol. The molecule has 0 aliphatic carbocycles. The highest BCUT2D eigenvalue weighted by molar-refractivity contribution is 5.79. The molecular formula is C19H28N4. The van der Waals surface area contributed by atoms with E-state index in [2.05, 4.69) is 78.9 Å². The number of fused-ring (bicyclic) bond motifs is 3. The number of rotatable bonds is 5. The van der Waals surface area contributed by atoms with Gasteiger partial charge in [-0.2, -0.15) is 0 Å². The summed E-state index contributed by atoms with van der Waals surface area (Å²) in [6, 6.07) is 8.38. The summed E-state index contributed by atoms with van der Waals surface area (Å²) >= 11 is 0. The van der Waals surface area contributed by atoms with E-state index in [9.17, 15) is 0 Å². The Morgan fingerprint density at radius 1 is 1.09 bits per heavy atom. The van der Waals surface area contributed by atoms with Crippen molar-refractivity contribution in [1.29, 1.82) is 0 Å². The summed E-state index contributed by atoms with van der Waals surface area (Å²) in [6.45, 7) is 15.5. The number of benzene rings is 1. The lowest BCUT2D eigenvalue weighted by Crippen LogP contribution is -2.28. The number of aromatic nitrogens is 3. The smallest absolute Gasteiger partial charge is 0.215 e. The number of hydrogen-bond acceptors (Lipinski definition) is 2. The largest absolute Gasteiger partial charge is 0.312 e. The summed E-state index contributed by atoms with van der Waals surface area (Å²) in [6.07, 6.45) is 2.27. The van der Waals surface area contributed by atoms with Gasteiger partial charge in [0.15, 0.2) is 0 Å². The molecule has 0 atom stereocenters. The monoisotopic (exact) mass is 312 g/mol. The van der Waals surface area contributed by atoms with Crippen LogP contribution in [-0.2, 0) is 12.0 Å². The quantitative estimate of drug-likeness (QED) is 0.713. The van der Waals surface area contributed by atoms with Crippen LogP contribution < -0.4 is 0 Å². The van der Waals surface area contributed by atoms with Crippen LogP contribution in [0.5, 0.6) is 0 Å². The summed E-state index contributed by atoms with van der Waals surface area (Å²) in [5.74, 6) is 1.06. The highest BCUT2D eigenvalue weighted by atomic mass is 15.2. The van der Waals surface area contributed by atoms with E-state index in [0.717, 1.165) is 37.5 Å². The molecule has 2 aromatic heterocycles. The van der Waals surface area contributed by atoms with Gasteiger partial charge in [0.25, 0.3) is 0 Å². The maximum absolute atomic E-state index is 4.89. The van der Waals surface area contributed by atoms with Gasteiger partial charge in [-0.05, 0) is 25.2 Å². The van der Waals surface area contributed by atoms with Crippen molar-refractivity contribution in [3.63, 3.8) is 0 Å². The lowest BCUT2D eigenvalue weighted by molar-refractivity contribution is 0.288. The third kappa shape index (κ3) is 2.88. The Morgan fingerprint density at radius 3 is 2.43 bits per heavy atom. The van der Waals surface area contributed by atoms with Gasteiger partial charge in [-0.25, -0.2) is 4.98 Å². The molecule has 3 aromatic rings. The highest BCUT2D eigenvalue weighted by Gasteiger charge is 2.23. The SMILES string of the molecule is CCN(CC)CCn1c(C(C)(C)C)cn2c3ccccc3nc12. The van der Waals surface area contributed by atoms with Gasteiger partial charge in [-0.1, -0.05) is 46.8 Å². The topological polar surface area (TPSA) is 25.5 Å². The average molecular weight is 312 g/mol. The van der Waals surface area contributed by atoms with Crippen LogP contribution in [0.4, 0.5) is 0 Å². The molecule has 0 amide bonds. The van der Waals surface area contributed by atoms with Crippen LogP contribution in [0.25, 0.3) is 16.8 Å². The normalized spacial score (nSPS) is 12.8. The molecule has 0 spiro atoms. The lowest BCUT2D eigenvalue weighted by atomic mass is 9.92. The van der Waals surface area contributed by atoms with Crippen molar-refractivity contribution in [3.05, 3.63) is 36.2 Å². The molecule has 0 N–H and O–H groups in total. The maximum Gasteiger partial charge on any atom is 0.215 e. The number of hydrogen-bond donors (Lipinski definition) is 0. The van der Waals surface area contributed by atoms with Crippen LogP contribution in [0.3, 0.4) is 0 Å². The van der Waals surface area contributed by atoms with Crippen LogP contribution in [0.2, 0.25) is 0 Å². The Balaban J connectivity index is 2.11. The van der Waals surface area contributed by atoms with Gasteiger partial charge in [0.2, 0.25) is 5.78 Å². The van der Waals surface area contributed by atoms with Gasteiger partial charge < -0.3 is 9.47 Å². The predicted octanol–water partition coefficient (Wildman–Crippen LogP) is 3.93. The molecule has 0 saturated carbocycles. The average Bonchev–Trinajstić information content (AvgIpc) is 3.04. The van der Waals surface area contributed by atoms with Gasteiger partial charge in [0.05, 0.1) is 11.0 Å². The van der Waals surface area contributed by atoms with Crippen LogP contribution >= 0.6 is 0 Å². The Bertz CT molecular complexity index is 800. The van der Waals surface area contributed by atoms with Crippen LogP contribution in [0.15, 0.2) is 30.5 Å². The Morgan fingerprint density at radius 2 is 1.78 bits per heavy atom. The van der Waals surface area contributed by atoms with E-state index in [4.69, 9.17) is 4.98 Å². The molecule has 0 radical (unpaired) electrons. The van der Waals surface area contributed by atoms with Gasteiger partial charge in [-0.15, -0.1) is 0 Å². The van der Waals surface area contributed by atoms with E-state index in [1.54, 1.807) is 0 Å². The molecule has 3 rings (SSSR count). The molecule has 1 aromatic carbocycles. The van der Waals surface area contributed by atoms with Crippen LogP contribution in [0.1, 0.15) is 40.3 Å². The van der Waals surface area contributed by atoms with E-state index in [1.165, 1.54) is 11.2 Å². The summed E-state index contributed by atoms with van der Waals surface area (Å²) in [5, 5.41) is 0. The zero-order chi connectivity index (χ0) is 16.6. The summed E-state index contributed by atoms with van der Waals surface area (Å²) < 4.78 is 4.65. The van der Waals surface area contributed by atoms with Gasteiger partial charge in [0.1, 0.15) is 0 Å². The molecule has 0 bridgehead atoms. The molecule has 0 unspecified atom stereocenters. The van der Waals surface area contributed by atoms with Gasteiger partial charge in [0, 0.05) is 30.4 Å². The van der Waals surface area contributed by atoms with Crippen molar-refractivity contribution in [2.24, 2.45) is 0 Å². The third-order valence-electron chi connectivity index (χ3n) is 4.66. The Hall–Kier alpha value is -1.81. The van der Waals surface area contributed by atoms with Crippen molar-refractivity contribution < 1.29 is 0 Å². The number of para-hydroxylation sites is 2. The lowest BCUT2D eigenvalue weighted by Gasteiger charge is -2.23. The van der Waals surface area contributed by atoms with Crippen molar-refractivity contribution in [2.45, 2.75) is 46.6 Å². The molecule has 4 nitrogen and oxygen atoms in total. The maximum atomic E-state index is 4.89. The fraction of sp³-hybridized carbons (Fsp3) is 0.526. The van der Waals surface area contributed by atoms with E-state index in [1.807, 2.05) is 0 Å². The number of imidazole rings is 2. The molecule has 2 heterocycles. The molecule has 4 heteroatoms. The van der Waals surface area contributed by atoms with Gasteiger partial charge in [-0.3, -0.25) is 4.40 Å². The molecule has 0 saturated heterocycles. The van der Waals surface area contributed by atoms with Crippen molar-refractivity contribution >= 4 is 16.8 Å². The second-order valence-electron chi connectivity index (χ2n) is 7.21. The van der Waals surface area contributed by atoms with Crippen LogP contribution in [-0.4, -0.2) is 38.5 Å². The van der Waals surface area contributed by atoms with E-state index < -0.39 is 0 Å². The first kappa shape index (κ1) is 16.1. The fourth-order valence-corrected chi connectivity index (χ4v) is 3.25. The van der Waals surface area contributed by atoms with Crippen LogP contribution in [0, 0.1) is 0 Å². The minimum absolute atomic E-state index is 0.102. The summed E-state index contributed by atoms with van der Waals surface area (Å²) in [5.41, 5.74) is 3.71. The molecule has 0 aliphatic heterocycles. The molecular weight excluding hydrogens is 284 g/mol. The minimum Gasteiger partial charge on any atom is -0.312 e. The number of nitrogens with zero attached hydrogens (tertiary/aromatic N) is 4. The zero-order valence-corrected chi connectivity index (χ0v) is 15.0. The first-order valence-corrected chi connectivity index (χ1v) is 8.64. The Labute approximate surface area is 138 Å².